The topological polar surface area (TPSA) is 17.1 Å². The number of rotatable bonds is 4. The zero-order chi connectivity index (χ0) is 20.6. The van der Waals surface area contributed by atoms with E-state index >= 15 is 4.57 Å². The maximum absolute atomic E-state index is 15.1. The minimum Gasteiger partial charge on any atom is -0.309 e. The average Bonchev–Trinajstić information content (AvgIpc) is 3.10. The smallest absolute Gasteiger partial charge is 0.169 e. The van der Waals surface area contributed by atoms with Crippen LogP contribution in [0.2, 0.25) is 0 Å². The summed E-state index contributed by atoms with van der Waals surface area (Å²) in [6.45, 7) is 2.19. The number of allylic oxidation sites excluding steroid dienone is 1. The zero-order valence-electron chi connectivity index (χ0n) is 16.9. The predicted octanol–water partition coefficient (Wildman–Crippen LogP) is 6.58. The Morgan fingerprint density at radius 1 is 0.633 bits per heavy atom. The predicted molar refractivity (Wildman–Crippen MR) is 127 cm³/mol. The normalized spacial score (nSPS) is 18.8. The van der Waals surface area contributed by atoms with E-state index in [1.807, 2.05) is 54.6 Å². The average molecular weight is 406 g/mol. The minimum atomic E-state index is -2.99. The molecule has 2 atom stereocenters. The first-order valence-corrected chi connectivity index (χ1v) is 12.0. The van der Waals surface area contributed by atoms with E-state index in [1.54, 1.807) is 0 Å². The van der Waals surface area contributed by atoms with Gasteiger partial charge in [-0.15, -0.1) is 0 Å². The second-order valence-electron chi connectivity index (χ2n) is 7.72. The van der Waals surface area contributed by atoms with Crippen molar-refractivity contribution in [3.63, 3.8) is 0 Å². The van der Waals surface area contributed by atoms with Gasteiger partial charge in [0.05, 0.1) is 0 Å². The van der Waals surface area contributed by atoms with Crippen molar-refractivity contribution in [1.29, 1.82) is 0 Å². The van der Waals surface area contributed by atoms with Gasteiger partial charge in [-0.05, 0) is 22.3 Å². The molecule has 0 aromatic heterocycles. The molecular formula is C28H23OP. The summed E-state index contributed by atoms with van der Waals surface area (Å²) in [5.41, 5.74) is 4.52. The molecule has 0 saturated carbocycles. The highest BCUT2D eigenvalue weighted by Gasteiger charge is 2.44. The lowest BCUT2D eigenvalue weighted by Crippen LogP contribution is -2.17. The van der Waals surface area contributed by atoms with Gasteiger partial charge in [0.25, 0.3) is 0 Å². The lowest BCUT2D eigenvalue weighted by atomic mass is 9.91. The van der Waals surface area contributed by atoms with Crippen LogP contribution in [0.5, 0.6) is 0 Å². The summed E-state index contributed by atoms with van der Waals surface area (Å²) in [5, 5.41) is 2.89. The van der Waals surface area contributed by atoms with Gasteiger partial charge in [0.1, 0.15) is 0 Å². The maximum atomic E-state index is 15.1. The SMILES string of the molecule is CC(C1=C(c2ccccc2)c2ccccc2P1(=O)c1ccccc1)c1ccccc1. The molecule has 2 unspecified atom stereocenters. The van der Waals surface area contributed by atoms with Crippen LogP contribution in [-0.4, -0.2) is 0 Å². The first kappa shape index (κ1) is 18.9. The second-order valence-corrected chi connectivity index (χ2v) is 10.4. The Bertz CT molecular complexity index is 1260. The van der Waals surface area contributed by atoms with E-state index < -0.39 is 7.14 Å². The maximum Gasteiger partial charge on any atom is 0.169 e. The molecule has 1 nitrogen and oxygen atoms in total. The van der Waals surface area contributed by atoms with Gasteiger partial charge < -0.3 is 4.57 Å². The van der Waals surface area contributed by atoms with Crippen LogP contribution in [0.3, 0.4) is 0 Å². The fourth-order valence-corrected chi connectivity index (χ4v) is 8.09. The van der Waals surface area contributed by atoms with Gasteiger partial charge in [-0.3, -0.25) is 0 Å². The third kappa shape index (κ3) is 2.90. The van der Waals surface area contributed by atoms with Crippen molar-refractivity contribution in [3.05, 3.63) is 137 Å². The molecule has 0 bridgehead atoms. The molecule has 0 fully saturated rings. The highest BCUT2D eigenvalue weighted by Crippen LogP contribution is 2.65. The van der Waals surface area contributed by atoms with Crippen LogP contribution in [0.25, 0.3) is 5.57 Å². The van der Waals surface area contributed by atoms with Crippen LogP contribution in [0.4, 0.5) is 0 Å². The molecule has 1 heterocycles. The molecule has 0 spiro atoms. The van der Waals surface area contributed by atoms with Crippen molar-refractivity contribution in [1.82, 2.24) is 0 Å². The molecule has 5 rings (SSSR count). The minimum absolute atomic E-state index is 0.0276. The Kier molecular flexibility index (Phi) is 4.77. The van der Waals surface area contributed by atoms with Gasteiger partial charge in [0.15, 0.2) is 7.14 Å². The van der Waals surface area contributed by atoms with Crippen LogP contribution < -0.4 is 10.6 Å². The lowest BCUT2D eigenvalue weighted by Gasteiger charge is -2.24. The standard InChI is InChI=1S/C28H23OP/c1-21(22-13-5-2-6-14-22)28-27(23-15-7-3-8-16-23)25-19-11-12-20-26(25)30(28,29)24-17-9-4-10-18-24/h2-21H,1H3. The quantitative estimate of drug-likeness (QED) is 0.350. The van der Waals surface area contributed by atoms with E-state index in [9.17, 15) is 0 Å². The van der Waals surface area contributed by atoms with E-state index in [0.29, 0.717) is 0 Å². The highest BCUT2D eigenvalue weighted by molar-refractivity contribution is 7.83. The number of benzene rings is 4. The summed E-state index contributed by atoms with van der Waals surface area (Å²) in [7, 11) is -2.99. The van der Waals surface area contributed by atoms with Gasteiger partial charge in [0.2, 0.25) is 0 Å². The van der Waals surface area contributed by atoms with Crippen molar-refractivity contribution in [2.45, 2.75) is 12.8 Å². The third-order valence-electron chi connectivity index (χ3n) is 6.00. The fraction of sp³-hybridized carbons (Fsp3) is 0.0714. The summed E-state index contributed by atoms with van der Waals surface area (Å²) < 4.78 is 15.1. The number of fused-ring (bicyclic) bond motifs is 1. The highest BCUT2D eigenvalue weighted by atomic mass is 31.2. The molecule has 0 amide bonds. The monoisotopic (exact) mass is 406 g/mol. The molecule has 0 aliphatic carbocycles. The van der Waals surface area contributed by atoms with Crippen LogP contribution >= 0.6 is 7.14 Å². The van der Waals surface area contributed by atoms with E-state index in [1.165, 1.54) is 5.56 Å². The van der Waals surface area contributed by atoms with Crippen LogP contribution in [-0.2, 0) is 4.57 Å². The van der Waals surface area contributed by atoms with Crippen LogP contribution in [0.1, 0.15) is 29.5 Å². The molecule has 0 saturated heterocycles. The molecular weight excluding hydrogens is 383 g/mol. The Balaban J connectivity index is 1.88. The van der Waals surface area contributed by atoms with E-state index in [2.05, 4.69) is 67.6 Å². The van der Waals surface area contributed by atoms with Crippen LogP contribution in [0, 0.1) is 0 Å². The molecule has 0 radical (unpaired) electrons. The van der Waals surface area contributed by atoms with E-state index in [4.69, 9.17) is 0 Å². The van der Waals surface area contributed by atoms with Gasteiger partial charge in [-0.2, -0.15) is 0 Å². The molecule has 1 aliphatic rings. The van der Waals surface area contributed by atoms with Crippen molar-refractivity contribution >= 4 is 23.3 Å². The Morgan fingerprint density at radius 3 is 1.83 bits per heavy atom. The molecule has 30 heavy (non-hydrogen) atoms. The molecule has 146 valence electrons. The van der Waals surface area contributed by atoms with Crippen molar-refractivity contribution in [2.75, 3.05) is 0 Å². The number of hydrogen-bond acceptors (Lipinski definition) is 1. The molecule has 4 aromatic carbocycles. The summed E-state index contributed by atoms with van der Waals surface area (Å²) >= 11 is 0. The van der Waals surface area contributed by atoms with Crippen molar-refractivity contribution in [3.8, 4) is 0 Å². The third-order valence-corrected chi connectivity index (χ3v) is 9.38. The Labute approximate surface area is 178 Å². The molecule has 2 heteroatoms. The fourth-order valence-electron chi connectivity index (χ4n) is 4.60. The van der Waals surface area contributed by atoms with Crippen LogP contribution in [0.15, 0.2) is 121 Å². The van der Waals surface area contributed by atoms with Crippen molar-refractivity contribution < 1.29 is 4.57 Å². The van der Waals surface area contributed by atoms with Gasteiger partial charge in [0, 0.05) is 21.8 Å². The Morgan fingerprint density at radius 2 is 1.17 bits per heavy atom. The van der Waals surface area contributed by atoms with E-state index in [0.717, 1.165) is 32.6 Å². The first-order chi connectivity index (χ1) is 14.7. The summed E-state index contributed by atoms with van der Waals surface area (Å²) in [6, 6.07) is 39.1. The van der Waals surface area contributed by atoms with Gasteiger partial charge >= 0.3 is 0 Å². The van der Waals surface area contributed by atoms with E-state index in [-0.39, 0.29) is 5.92 Å². The molecule has 4 aromatic rings. The molecule has 1 aliphatic heterocycles. The second kappa shape index (κ2) is 7.59. The first-order valence-electron chi connectivity index (χ1n) is 10.3. The molecule has 0 N–H and O–H groups in total. The van der Waals surface area contributed by atoms with Gasteiger partial charge in [-0.1, -0.05) is 122 Å². The Hall–Kier alpha value is -3.15. The largest absolute Gasteiger partial charge is 0.309 e. The zero-order valence-corrected chi connectivity index (χ0v) is 17.8. The summed E-state index contributed by atoms with van der Waals surface area (Å²) in [6.07, 6.45) is 0. The number of hydrogen-bond donors (Lipinski definition) is 0. The summed E-state index contributed by atoms with van der Waals surface area (Å²) in [5.74, 6) is 0.0276. The van der Waals surface area contributed by atoms with Crippen molar-refractivity contribution in [2.24, 2.45) is 0 Å². The van der Waals surface area contributed by atoms with Gasteiger partial charge in [-0.25, -0.2) is 0 Å². The lowest BCUT2D eigenvalue weighted by molar-refractivity contribution is 0.589. The summed E-state index contributed by atoms with van der Waals surface area (Å²) in [4.78, 5) is 0.